The average Bonchev–Trinajstić information content (AvgIpc) is 2.77. The predicted octanol–water partition coefficient (Wildman–Crippen LogP) is 6.11. The minimum atomic E-state index is 0.949. The summed E-state index contributed by atoms with van der Waals surface area (Å²) in [5, 5.41) is 4.67. The van der Waals surface area contributed by atoms with Crippen LogP contribution in [0.25, 0.3) is 32.7 Å². The van der Waals surface area contributed by atoms with Gasteiger partial charge < -0.3 is 4.42 Å². The van der Waals surface area contributed by atoms with Crippen molar-refractivity contribution < 1.29 is 4.42 Å². The van der Waals surface area contributed by atoms with E-state index in [-0.39, 0.29) is 0 Å². The Balaban J connectivity index is 2.31. The third-order valence-corrected chi connectivity index (χ3v) is 4.72. The van der Waals surface area contributed by atoms with Crippen LogP contribution in [0.4, 0.5) is 0 Å². The molecule has 0 saturated carbocycles. The molecule has 3 heteroatoms. The molecular formula is C16H8BrIO. The molecule has 3 aromatic carbocycles. The van der Waals surface area contributed by atoms with Gasteiger partial charge in [0.1, 0.15) is 11.2 Å². The van der Waals surface area contributed by atoms with Gasteiger partial charge in [-0.1, -0.05) is 40.2 Å². The van der Waals surface area contributed by atoms with Crippen LogP contribution in [0, 0.1) is 3.57 Å². The zero-order valence-corrected chi connectivity index (χ0v) is 13.5. The van der Waals surface area contributed by atoms with Gasteiger partial charge in [-0.3, -0.25) is 0 Å². The van der Waals surface area contributed by atoms with Crippen LogP contribution < -0.4 is 0 Å². The molecule has 0 radical (unpaired) electrons. The number of benzene rings is 3. The van der Waals surface area contributed by atoms with Crippen molar-refractivity contribution in [3.05, 3.63) is 56.6 Å². The van der Waals surface area contributed by atoms with E-state index in [9.17, 15) is 0 Å². The molecule has 0 N–H and O–H groups in total. The Bertz CT molecular complexity index is 940. The second-order valence-electron chi connectivity index (χ2n) is 4.52. The van der Waals surface area contributed by atoms with E-state index in [0.29, 0.717) is 0 Å². The van der Waals surface area contributed by atoms with Crippen molar-refractivity contribution in [3.63, 3.8) is 0 Å². The van der Waals surface area contributed by atoms with Gasteiger partial charge in [0, 0.05) is 24.2 Å². The van der Waals surface area contributed by atoms with E-state index >= 15 is 0 Å². The second kappa shape index (κ2) is 4.21. The van der Waals surface area contributed by atoms with Gasteiger partial charge in [-0.25, -0.2) is 0 Å². The van der Waals surface area contributed by atoms with Crippen molar-refractivity contribution >= 4 is 71.2 Å². The lowest BCUT2D eigenvalue weighted by Crippen LogP contribution is -1.75. The molecular weight excluding hydrogens is 415 g/mol. The lowest BCUT2D eigenvalue weighted by molar-refractivity contribution is 0.672. The molecule has 0 saturated heterocycles. The molecule has 0 spiro atoms. The van der Waals surface area contributed by atoms with E-state index in [1.54, 1.807) is 0 Å². The van der Waals surface area contributed by atoms with Gasteiger partial charge >= 0.3 is 0 Å². The first-order valence-corrected chi connectivity index (χ1v) is 7.80. The molecule has 92 valence electrons. The van der Waals surface area contributed by atoms with Crippen molar-refractivity contribution in [3.8, 4) is 0 Å². The monoisotopic (exact) mass is 422 g/mol. The molecule has 0 aliphatic rings. The van der Waals surface area contributed by atoms with E-state index in [2.05, 4.69) is 74.9 Å². The second-order valence-corrected chi connectivity index (χ2v) is 6.62. The molecule has 0 bridgehead atoms. The van der Waals surface area contributed by atoms with Crippen LogP contribution in [0.1, 0.15) is 0 Å². The first kappa shape index (κ1) is 11.7. The predicted molar refractivity (Wildman–Crippen MR) is 91.6 cm³/mol. The van der Waals surface area contributed by atoms with Gasteiger partial charge in [-0.05, 0) is 52.2 Å². The van der Waals surface area contributed by atoms with Crippen molar-refractivity contribution in [2.24, 2.45) is 0 Å². The van der Waals surface area contributed by atoms with Gasteiger partial charge in [0.15, 0.2) is 0 Å². The number of halogens is 2. The van der Waals surface area contributed by atoms with Crippen LogP contribution in [0.15, 0.2) is 57.4 Å². The Morgan fingerprint density at radius 3 is 2.47 bits per heavy atom. The fraction of sp³-hybridized carbons (Fsp3) is 0. The third-order valence-electron chi connectivity index (χ3n) is 3.39. The largest absolute Gasteiger partial charge is 0.455 e. The summed E-state index contributed by atoms with van der Waals surface area (Å²) >= 11 is 5.97. The third kappa shape index (κ3) is 1.71. The van der Waals surface area contributed by atoms with Crippen LogP contribution in [0.5, 0.6) is 0 Å². The normalized spacial score (nSPS) is 11.7. The summed E-state index contributed by atoms with van der Waals surface area (Å²) in [6.45, 7) is 0. The zero-order chi connectivity index (χ0) is 13.0. The summed E-state index contributed by atoms with van der Waals surface area (Å²) in [5.41, 5.74) is 1.92. The summed E-state index contributed by atoms with van der Waals surface area (Å²) < 4.78 is 8.37. The SMILES string of the molecule is Brc1cc2c3ccc(I)cc3oc2c2ccccc12. The molecule has 0 aliphatic heterocycles. The molecule has 4 rings (SSSR count). The van der Waals surface area contributed by atoms with Crippen molar-refractivity contribution in [1.29, 1.82) is 0 Å². The summed E-state index contributed by atoms with van der Waals surface area (Å²) in [6, 6.07) is 16.8. The van der Waals surface area contributed by atoms with Gasteiger partial charge in [-0.2, -0.15) is 0 Å². The van der Waals surface area contributed by atoms with Gasteiger partial charge in [0.25, 0.3) is 0 Å². The molecule has 0 amide bonds. The minimum absolute atomic E-state index is 0.949. The van der Waals surface area contributed by atoms with Gasteiger partial charge in [0.2, 0.25) is 0 Å². The number of fused-ring (bicyclic) bond motifs is 5. The molecule has 0 atom stereocenters. The highest BCUT2D eigenvalue weighted by Crippen LogP contribution is 2.38. The molecule has 19 heavy (non-hydrogen) atoms. The van der Waals surface area contributed by atoms with E-state index in [4.69, 9.17) is 4.42 Å². The fourth-order valence-corrected chi connectivity index (χ4v) is 3.56. The maximum atomic E-state index is 6.08. The average molecular weight is 423 g/mol. The van der Waals surface area contributed by atoms with E-state index in [0.717, 1.165) is 26.4 Å². The van der Waals surface area contributed by atoms with Crippen LogP contribution in [-0.4, -0.2) is 0 Å². The van der Waals surface area contributed by atoms with Crippen LogP contribution in [0.3, 0.4) is 0 Å². The molecule has 0 unspecified atom stereocenters. The van der Waals surface area contributed by atoms with Crippen LogP contribution >= 0.6 is 38.5 Å². The standard InChI is InChI=1S/C16H8BrIO/c17-14-8-13-11-6-5-9(18)7-15(11)19-16(13)12-4-2-1-3-10(12)14/h1-8H. The highest BCUT2D eigenvalue weighted by atomic mass is 127. The smallest absolute Gasteiger partial charge is 0.143 e. The highest BCUT2D eigenvalue weighted by Gasteiger charge is 2.12. The molecule has 1 aromatic heterocycles. The fourth-order valence-electron chi connectivity index (χ4n) is 2.53. The number of hydrogen-bond donors (Lipinski definition) is 0. The molecule has 4 aromatic rings. The summed E-state index contributed by atoms with van der Waals surface area (Å²) in [5.74, 6) is 0. The van der Waals surface area contributed by atoms with Crippen molar-refractivity contribution in [2.75, 3.05) is 0 Å². The Hall–Kier alpha value is -1.07. The Kier molecular flexibility index (Phi) is 2.60. The van der Waals surface area contributed by atoms with Gasteiger partial charge in [-0.15, -0.1) is 0 Å². The molecule has 1 nitrogen and oxygen atoms in total. The topological polar surface area (TPSA) is 13.1 Å². The maximum Gasteiger partial charge on any atom is 0.143 e. The summed E-state index contributed by atoms with van der Waals surface area (Å²) in [4.78, 5) is 0. The van der Waals surface area contributed by atoms with E-state index in [1.165, 1.54) is 14.3 Å². The van der Waals surface area contributed by atoms with Crippen LogP contribution in [0.2, 0.25) is 0 Å². The Morgan fingerprint density at radius 1 is 0.842 bits per heavy atom. The molecule has 0 aliphatic carbocycles. The lowest BCUT2D eigenvalue weighted by atomic mass is 10.1. The maximum absolute atomic E-state index is 6.08. The van der Waals surface area contributed by atoms with Crippen LogP contribution in [-0.2, 0) is 0 Å². The molecule has 1 heterocycles. The number of hydrogen-bond acceptors (Lipinski definition) is 1. The minimum Gasteiger partial charge on any atom is -0.455 e. The zero-order valence-electron chi connectivity index (χ0n) is 9.78. The van der Waals surface area contributed by atoms with Crippen molar-refractivity contribution in [2.45, 2.75) is 0 Å². The first-order chi connectivity index (χ1) is 9.24. The number of furan rings is 1. The van der Waals surface area contributed by atoms with Gasteiger partial charge in [0.05, 0.1) is 0 Å². The first-order valence-electron chi connectivity index (χ1n) is 5.93. The summed E-state index contributed by atoms with van der Waals surface area (Å²) in [6.07, 6.45) is 0. The Labute approximate surface area is 131 Å². The van der Waals surface area contributed by atoms with Crippen molar-refractivity contribution in [1.82, 2.24) is 0 Å². The molecule has 0 fully saturated rings. The van der Waals surface area contributed by atoms with E-state index in [1.807, 2.05) is 12.1 Å². The Morgan fingerprint density at radius 2 is 1.63 bits per heavy atom. The lowest BCUT2D eigenvalue weighted by Gasteiger charge is -2.01. The number of rotatable bonds is 0. The quantitative estimate of drug-likeness (QED) is 0.312. The summed E-state index contributed by atoms with van der Waals surface area (Å²) in [7, 11) is 0. The van der Waals surface area contributed by atoms with E-state index < -0.39 is 0 Å². The highest BCUT2D eigenvalue weighted by molar-refractivity contribution is 14.1.